The second-order valence-electron chi connectivity index (χ2n) is 4.82. The van der Waals surface area contributed by atoms with Crippen LogP contribution in [0.5, 0.6) is 0 Å². The summed E-state index contributed by atoms with van der Waals surface area (Å²) in [5.41, 5.74) is 0.668. The predicted molar refractivity (Wildman–Crippen MR) is 83.3 cm³/mol. The van der Waals surface area contributed by atoms with E-state index in [9.17, 15) is 25.0 Å². The van der Waals surface area contributed by atoms with Crippen LogP contribution in [0.15, 0.2) is 42.5 Å². The second kappa shape index (κ2) is 6.65. The molecule has 8 nitrogen and oxygen atoms in total. The number of nitrogens with zero attached hydrogens (tertiary/aromatic N) is 2. The Morgan fingerprint density at radius 3 is 2.26 bits per heavy atom. The fraction of sp³-hybridized carbons (Fsp3) is 0.133. The lowest BCUT2D eigenvalue weighted by atomic mass is 10.1. The number of nitro groups is 2. The van der Waals surface area contributed by atoms with Gasteiger partial charge >= 0.3 is 0 Å². The van der Waals surface area contributed by atoms with Crippen LogP contribution in [0.4, 0.5) is 17.1 Å². The summed E-state index contributed by atoms with van der Waals surface area (Å²) in [4.78, 5) is 32.8. The maximum atomic E-state index is 12.1. The number of benzene rings is 2. The van der Waals surface area contributed by atoms with E-state index in [-0.39, 0.29) is 23.4 Å². The summed E-state index contributed by atoms with van der Waals surface area (Å²) in [6, 6.07) is 10.3. The van der Waals surface area contributed by atoms with E-state index in [0.717, 1.165) is 0 Å². The van der Waals surface area contributed by atoms with Gasteiger partial charge in [-0.3, -0.25) is 25.0 Å². The van der Waals surface area contributed by atoms with Crippen molar-refractivity contribution in [2.24, 2.45) is 0 Å². The highest BCUT2D eigenvalue weighted by Crippen LogP contribution is 2.25. The van der Waals surface area contributed by atoms with Crippen molar-refractivity contribution in [3.63, 3.8) is 0 Å². The minimum Gasteiger partial charge on any atom is -0.325 e. The van der Waals surface area contributed by atoms with E-state index in [1.165, 1.54) is 37.3 Å². The van der Waals surface area contributed by atoms with E-state index in [4.69, 9.17) is 0 Å². The molecule has 0 aliphatic heterocycles. The number of carbonyl (C=O) groups excluding carboxylic acids is 1. The van der Waals surface area contributed by atoms with Gasteiger partial charge in [0.05, 0.1) is 27.5 Å². The molecule has 0 aliphatic rings. The van der Waals surface area contributed by atoms with E-state index < -0.39 is 15.8 Å². The number of nitro benzene ring substituents is 2. The molecule has 0 saturated heterocycles. The monoisotopic (exact) mass is 315 g/mol. The van der Waals surface area contributed by atoms with Crippen LogP contribution >= 0.6 is 0 Å². The number of hydrogen-bond acceptors (Lipinski definition) is 5. The number of amides is 1. The standard InChI is InChI=1S/C15H13N3O5/c1-10-12(6-4-8-13(10)17(20)21)16-15(19)9-11-5-2-3-7-14(11)18(22)23/h2-8H,9H2,1H3,(H,16,19). The average Bonchev–Trinajstić information content (AvgIpc) is 2.49. The number of nitrogens with one attached hydrogen (secondary N) is 1. The summed E-state index contributed by atoms with van der Waals surface area (Å²) >= 11 is 0. The molecular formula is C15H13N3O5. The molecule has 1 N–H and O–H groups in total. The highest BCUT2D eigenvalue weighted by atomic mass is 16.6. The molecule has 0 heterocycles. The van der Waals surface area contributed by atoms with Crippen LogP contribution < -0.4 is 5.32 Å². The summed E-state index contributed by atoms with van der Waals surface area (Å²) in [5.74, 6) is -0.483. The largest absolute Gasteiger partial charge is 0.325 e. The number of para-hydroxylation sites is 1. The Morgan fingerprint density at radius 2 is 1.61 bits per heavy atom. The molecule has 118 valence electrons. The molecule has 8 heteroatoms. The quantitative estimate of drug-likeness (QED) is 0.672. The molecule has 1 amide bonds. The number of hydrogen-bond donors (Lipinski definition) is 1. The molecule has 0 aliphatic carbocycles. The van der Waals surface area contributed by atoms with Crippen molar-refractivity contribution >= 4 is 23.0 Å². The third-order valence-corrected chi connectivity index (χ3v) is 3.32. The van der Waals surface area contributed by atoms with E-state index in [0.29, 0.717) is 11.3 Å². The van der Waals surface area contributed by atoms with Crippen LogP contribution in [-0.4, -0.2) is 15.8 Å². The van der Waals surface area contributed by atoms with Gasteiger partial charge in [0.25, 0.3) is 11.4 Å². The zero-order valence-corrected chi connectivity index (χ0v) is 12.2. The van der Waals surface area contributed by atoms with Crippen LogP contribution in [0.2, 0.25) is 0 Å². The topological polar surface area (TPSA) is 115 Å². The first-order valence-electron chi connectivity index (χ1n) is 6.66. The van der Waals surface area contributed by atoms with Gasteiger partial charge in [0, 0.05) is 17.7 Å². The maximum Gasteiger partial charge on any atom is 0.274 e. The highest BCUT2D eigenvalue weighted by Gasteiger charge is 2.18. The smallest absolute Gasteiger partial charge is 0.274 e. The first kappa shape index (κ1) is 16.1. The molecule has 2 rings (SSSR count). The Morgan fingerprint density at radius 1 is 1.00 bits per heavy atom. The van der Waals surface area contributed by atoms with Gasteiger partial charge in [0.1, 0.15) is 0 Å². The molecule has 0 bridgehead atoms. The van der Waals surface area contributed by atoms with E-state index in [1.54, 1.807) is 12.1 Å². The van der Waals surface area contributed by atoms with Crippen molar-refractivity contribution in [1.29, 1.82) is 0 Å². The zero-order chi connectivity index (χ0) is 17.0. The number of carbonyl (C=O) groups is 1. The Labute approximate surface area is 131 Å². The molecule has 0 spiro atoms. The number of anilines is 1. The predicted octanol–water partition coefficient (Wildman–Crippen LogP) is 2.99. The van der Waals surface area contributed by atoms with Gasteiger partial charge < -0.3 is 5.32 Å². The molecule has 0 unspecified atom stereocenters. The van der Waals surface area contributed by atoms with E-state index in [1.807, 2.05) is 0 Å². The van der Waals surface area contributed by atoms with Crippen molar-refractivity contribution in [3.05, 3.63) is 73.8 Å². The van der Waals surface area contributed by atoms with Gasteiger partial charge in [-0.05, 0) is 13.0 Å². The van der Waals surface area contributed by atoms with Crippen molar-refractivity contribution in [1.82, 2.24) is 0 Å². The third-order valence-electron chi connectivity index (χ3n) is 3.32. The van der Waals surface area contributed by atoms with Crippen LogP contribution in [-0.2, 0) is 11.2 Å². The van der Waals surface area contributed by atoms with Gasteiger partial charge in [-0.25, -0.2) is 0 Å². The third kappa shape index (κ3) is 3.67. The molecule has 0 aromatic heterocycles. The molecule has 23 heavy (non-hydrogen) atoms. The lowest BCUT2D eigenvalue weighted by Crippen LogP contribution is -2.16. The van der Waals surface area contributed by atoms with E-state index >= 15 is 0 Å². The molecule has 2 aromatic carbocycles. The highest BCUT2D eigenvalue weighted by molar-refractivity contribution is 5.94. The van der Waals surface area contributed by atoms with Gasteiger partial charge in [0.15, 0.2) is 0 Å². The summed E-state index contributed by atoms with van der Waals surface area (Å²) < 4.78 is 0. The van der Waals surface area contributed by atoms with Crippen LogP contribution in [0.1, 0.15) is 11.1 Å². The number of rotatable bonds is 5. The summed E-state index contributed by atoms with van der Waals surface area (Å²) in [6.45, 7) is 1.53. The Kier molecular flexibility index (Phi) is 4.65. The second-order valence-corrected chi connectivity index (χ2v) is 4.82. The zero-order valence-electron chi connectivity index (χ0n) is 12.2. The Bertz CT molecular complexity index is 788. The van der Waals surface area contributed by atoms with Crippen LogP contribution in [0.25, 0.3) is 0 Å². The van der Waals surface area contributed by atoms with Gasteiger partial charge in [-0.2, -0.15) is 0 Å². The Hall–Kier alpha value is -3.29. The van der Waals surface area contributed by atoms with Gasteiger partial charge in [-0.15, -0.1) is 0 Å². The van der Waals surface area contributed by atoms with Crippen molar-refractivity contribution < 1.29 is 14.6 Å². The average molecular weight is 315 g/mol. The van der Waals surface area contributed by atoms with Crippen LogP contribution in [0, 0.1) is 27.2 Å². The fourth-order valence-corrected chi connectivity index (χ4v) is 2.16. The maximum absolute atomic E-state index is 12.1. The first-order chi connectivity index (χ1) is 10.9. The SMILES string of the molecule is Cc1c(NC(=O)Cc2ccccc2[N+](=O)[O-])cccc1[N+](=O)[O-]. The summed E-state index contributed by atoms with van der Waals surface area (Å²) in [5, 5.41) is 24.4. The molecule has 0 fully saturated rings. The summed E-state index contributed by atoms with van der Waals surface area (Å²) in [6.07, 6.45) is -0.195. The normalized spacial score (nSPS) is 10.1. The van der Waals surface area contributed by atoms with Crippen molar-refractivity contribution in [2.45, 2.75) is 13.3 Å². The minimum absolute atomic E-state index is 0.103. The molecule has 2 aromatic rings. The van der Waals surface area contributed by atoms with Gasteiger partial charge in [0.2, 0.25) is 5.91 Å². The molecular weight excluding hydrogens is 302 g/mol. The van der Waals surface area contributed by atoms with Gasteiger partial charge in [-0.1, -0.05) is 24.3 Å². The first-order valence-corrected chi connectivity index (χ1v) is 6.66. The Balaban J connectivity index is 2.20. The molecule has 0 atom stereocenters. The molecule has 0 radical (unpaired) electrons. The van der Waals surface area contributed by atoms with Crippen molar-refractivity contribution in [2.75, 3.05) is 5.32 Å². The summed E-state index contributed by atoms with van der Waals surface area (Å²) in [7, 11) is 0. The minimum atomic E-state index is -0.554. The fourth-order valence-electron chi connectivity index (χ4n) is 2.16. The molecule has 0 saturated carbocycles. The lowest BCUT2D eigenvalue weighted by molar-refractivity contribution is -0.385. The van der Waals surface area contributed by atoms with Crippen molar-refractivity contribution in [3.8, 4) is 0 Å². The van der Waals surface area contributed by atoms with E-state index in [2.05, 4.69) is 5.32 Å². The lowest BCUT2D eigenvalue weighted by Gasteiger charge is -2.08. The van der Waals surface area contributed by atoms with Crippen LogP contribution in [0.3, 0.4) is 0 Å².